The summed E-state index contributed by atoms with van der Waals surface area (Å²) >= 11 is 1.68. The number of esters is 1. The number of rotatable bonds is 7. The van der Waals surface area contributed by atoms with Crippen LogP contribution in [0.2, 0.25) is 0 Å². The molecule has 0 fully saturated rings. The van der Waals surface area contributed by atoms with Crippen LogP contribution in [0.15, 0.2) is 41.8 Å². The van der Waals surface area contributed by atoms with Crippen LogP contribution in [-0.4, -0.2) is 23.1 Å². The lowest BCUT2D eigenvalue weighted by Gasteiger charge is -2.16. The number of benzene rings is 1. The number of carbonyl (C=O) groups excluding carboxylic acids is 2. The van der Waals surface area contributed by atoms with Gasteiger partial charge in [0.2, 0.25) is 0 Å². The minimum atomic E-state index is -0.482. The lowest BCUT2D eigenvalue weighted by atomic mass is 9.98. The zero-order valence-corrected chi connectivity index (χ0v) is 18.9. The van der Waals surface area contributed by atoms with Gasteiger partial charge in [0.15, 0.2) is 6.61 Å². The number of para-hydroxylation sites is 1. The summed E-state index contributed by atoms with van der Waals surface area (Å²) in [5.41, 5.74) is 5.16. The second-order valence-corrected chi connectivity index (χ2v) is 8.80. The molecule has 0 aliphatic carbocycles. The molecule has 0 saturated carbocycles. The molecule has 0 radical (unpaired) electrons. The first-order chi connectivity index (χ1) is 14.3. The minimum Gasteiger partial charge on any atom is -0.452 e. The summed E-state index contributed by atoms with van der Waals surface area (Å²) in [6, 6.07) is 11.8. The quantitative estimate of drug-likeness (QED) is 0.514. The second-order valence-electron chi connectivity index (χ2n) is 7.77. The van der Waals surface area contributed by atoms with Gasteiger partial charge >= 0.3 is 5.97 Å². The summed E-state index contributed by atoms with van der Waals surface area (Å²) < 4.78 is 7.41. The monoisotopic (exact) mass is 424 g/mol. The van der Waals surface area contributed by atoms with Crippen LogP contribution < -0.4 is 5.32 Å². The summed E-state index contributed by atoms with van der Waals surface area (Å²) in [6.07, 6.45) is 0. The predicted molar refractivity (Wildman–Crippen MR) is 122 cm³/mol. The number of ether oxygens (including phenoxy) is 1. The normalized spacial score (nSPS) is 11.0. The number of aromatic nitrogens is 1. The molecule has 1 aromatic carbocycles. The maximum Gasteiger partial charge on any atom is 0.340 e. The first-order valence-electron chi connectivity index (χ1n) is 10.0. The van der Waals surface area contributed by atoms with Crippen LogP contribution in [0.25, 0.3) is 0 Å². The molecule has 0 unspecified atom stereocenters. The van der Waals surface area contributed by atoms with Crippen molar-refractivity contribution in [3.63, 3.8) is 0 Å². The number of thiophene rings is 1. The van der Waals surface area contributed by atoms with Gasteiger partial charge < -0.3 is 14.6 Å². The Kier molecular flexibility index (Phi) is 6.77. The van der Waals surface area contributed by atoms with E-state index >= 15 is 0 Å². The van der Waals surface area contributed by atoms with E-state index in [0.717, 1.165) is 28.2 Å². The number of nitrogens with one attached hydrogen (secondary N) is 1. The first kappa shape index (κ1) is 21.8. The molecule has 6 heteroatoms. The van der Waals surface area contributed by atoms with Gasteiger partial charge in [-0.3, -0.25) is 4.79 Å². The Hall–Kier alpha value is -2.86. The Labute approximate surface area is 181 Å². The fourth-order valence-corrected chi connectivity index (χ4v) is 4.23. The zero-order valence-electron chi connectivity index (χ0n) is 18.1. The molecule has 5 nitrogen and oxygen atoms in total. The van der Waals surface area contributed by atoms with Gasteiger partial charge in [-0.25, -0.2) is 4.79 Å². The highest BCUT2D eigenvalue weighted by Crippen LogP contribution is 2.27. The molecule has 2 aromatic heterocycles. The van der Waals surface area contributed by atoms with Gasteiger partial charge in [-0.2, -0.15) is 0 Å². The summed E-state index contributed by atoms with van der Waals surface area (Å²) in [5, 5.41) is 4.95. The van der Waals surface area contributed by atoms with Crippen molar-refractivity contribution in [3.8, 4) is 0 Å². The maximum atomic E-state index is 12.6. The Bertz CT molecular complexity index is 1050. The van der Waals surface area contributed by atoms with Crippen molar-refractivity contribution in [1.82, 2.24) is 4.57 Å². The highest BCUT2D eigenvalue weighted by atomic mass is 32.1. The van der Waals surface area contributed by atoms with Gasteiger partial charge in [-0.1, -0.05) is 38.1 Å². The summed E-state index contributed by atoms with van der Waals surface area (Å²) in [7, 11) is 0. The molecule has 0 atom stereocenters. The van der Waals surface area contributed by atoms with E-state index in [4.69, 9.17) is 4.74 Å². The molecular formula is C24H28N2O3S. The van der Waals surface area contributed by atoms with Gasteiger partial charge in [0.1, 0.15) is 0 Å². The van der Waals surface area contributed by atoms with E-state index in [2.05, 4.69) is 29.8 Å². The second kappa shape index (κ2) is 9.30. The third-order valence-electron chi connectivity index (χ3n) is 5.21. The average Bonchev–Trinajstić information content (AvgIpc) is 3.31. The van der Waals surface area contributed by atoms with Gasteiger partial charge in [-0.05, 0) is 55.3 Å². The molecule has 0 aliphatic heterocycles. The maximum absolute atomic E-state index is 12.6. The van der Waals surface area contributed by atoms with E-state index in [-0.39, 0.29) is 18.4 Å². The van der Waals surface area contributed by atoms with Crippen LogP contribution in [0.5, 0.6) is 0 Å². The van der Waals surface area contributed by atoms with E-state index in [9.17, 15) is 9.59 Å². The van der Waals surface area contributed by atoms with Crippen LogP contribution in [-0.2, 0) is 16.1 Å². The Morgan fingerprint density at radius 3 is 2.57 bits per heavy atom. The Morgan fingerprint density at radius 1 is 1.13 bits per heavy atom. The molecule has 30 heavy (non-hydrogen) atoms. The fourth-order valence-electron chi connectivity index (χ4n) is 3.54. The van der Waals surface area contributed by atoms with Crippen LogP contribution in [0.1, 0.15) is 57.5 Å². The molecule has 3 aromatic rings. The highest BCUT2D eigenvalue weighted by Gasteiger charge is 2.19. The molecule has 0 bridgehead atoms. The minimum absolute atomic E-state index is 0.275. The van der Waals surface area contributed by atoms with Crippen molar-refractivity contribution in [2.45, 2.75) is 47.1 Å². The first-order valence-corrected chi connectivity index (χ1v) is 10.9. The summed E-state index contributed by atoms with van der Waals surface area (Å²) in [4.78, 5) is 26.3. The number of carbonyl (C=O) groups is 2. The van der Waals surface area contributed by atoms with Crippen molar-refractivity contribution in [2.75, 3.05) is 11.9 Å². The molecule has 0 spiro atoms. The molecule has 0 saturated heterocycles. The Balaban J connectivity index is 1.66. The lowest BCUT2D eigenvalue weighted by Crippen LogP contribution is -2.22. The van der Waals surface area contributed by atoms with Gasteiger partial charge in [-0.15, -0.1) is 11.3 Å². The lowest BCUT2D eigenvalue weighted by molar-refractivity contribution is -0.119. The Morgan fingerprint density at radius 2 is 1.90 bits per heavy atom. The van der Waals surface area contributed by atoms with E-state index in [1.807, 2.05) is 56.5 Å². The van der Waals surface area contributed by atoms with Crippen LogP contribution in [0.3, 0.4) is 0 Å². The smallest absolute Gasteiger partial charge is 0.340 e. The molecular weight excluding hydrogens is 396 g/mol. The predicted octanol–water partition coefficient (Wildman–Crippen LogP) is 5.44. The molecule has 0 aliphatic rings. The van der Waals surface area contributed by atoms with Crippen LogP contribution in [0.4, 0.5) is 5.69 Å². The van der Waals surface area contributed by atoms with E-state index in [0.29, 0.717) is 12.1 Å². The van der Waals surface area contributed by atoms with Crippen molar-refractivity contribution in [2.24, 2.45) is 0 Å². The number of anilines is 1. The fraction of sp³-hybridized carbons (Fsp3) is 0.333. The number of amides is 1. The average molecular weight is 425 g/mol. The molecule has 1 amide bonds. The number of hydrogen-bond donors (Lipinski definition) is 1. The molecule has 3 rings (SSSR count). The SMILES string of the molecule is Cc1cccc(C(C)C)c1NC(=O)COC(=O)c1cc(C)n(Cc2cccs2)c1C. The van der Waals surface area contributed by atoms with E-state index < -0.39 is 5.97 Å². The largest absolute Gasteiger partial charge is 0.452 e. The van der Waals surface area contributed by atoms with Gasteiger partial charge in [0.05, 0.1) is 12.1 Å². The van der Waals surface area contributed by atoms with Gasteiger partial charge in [0, 0.05) is 22.0 Å². The van der Waals surface area contributed by atoms with Crippen molar-refractivity contribution in [3.05, 3.63) is 74.7 Å². The van der Waals surface area contributed by atoms with Gasteiger partial charge in [0.25, 0.3) is 5.91 Å². The van der Waals surface area contributed by atoms with E-state index in [1.165, 1.54) is 4.88 Å². The van der Waals surface area contributed by atoms with Crippen molar-refractivity contribution < 1.29 is 14.3 Å². The number of nitrogens with zero attached hydrogens (tertiary/aromatic N) is 1. The standard InChI is InChI=1S/C24H28N2O3S/c1-15(2)20-10-6-8-16(3)23(20)25-22(27)14-29-24(28)21-12-17(4)26(18(21)5)13-19-9-7-11-30-19/h6-12,15H,13-14H2,1-5H3,(H,25,27). The van der Waals surface area contributed by atoms with Crippen molar-refractivity contribution in [1.29, 1.82) is 0 Å². The van der Waals surface area contributed by atoms with Crippen LogP contribution >= 0.6 is 11.3 Å². The third kappa shape index (κ3) is 4.82. The number of hydrogen-bond acceptors (Lipinski definition) is 4. The zero-order chi connectivity index (χ0) is 21.8. The topological polar surface area (TPSA) is 60.3 Å². The van der Waals surface area contributed by atoms with E-state index in [1.54, 1.807) is 11.3 Å². The molecule has 2 heterocycles. The number of aryl methyl sites for hydroxylation is 2. The molecule has 1 N–H and O–H groups in total. The van der Waals surface area contributed by atoms with Crippen molar-refractivity contribution >= 4 is 28.9 Å². The molecule has 158 valence electrons. The summed E-state index contributed by atoms with van der Waals surface area (Å²) in [5.74, 6) is -0.548. The van der Waals surface area contributed by atoms with Crippen LogP contribution in [0, 0.1) is 20.8 Å². The summed E-state index contributed by atoms with van der Waals surface area (Å²) in [6.45, 7) is 10.4. The highest BCUT2D eigenvalue weighted by molar-refractivity contribution is 7.09. The third-order valence-corrected chi connectivity index (χ3v) is 6.07.